The summed E-state index contributed by atoms with van der Waals surface area (Å²) < 4.78 is 12.3. The highest BCUT2D eigenvalue weighted by Gasteiger charge is 2.52. The third-order valence-corrected chi connectivity index (χ3v) is 4.62. The van der Waals surface area contributed by atoms with Gasteiger partial charge in [-0.15, -0.1) is 0 Å². The minimum Gasteiger partial charge on any atom is -0.399 e. The van der Waals surface area contributed by atoms with E-state index in [9.17, 15) is 0 Å². The highest BCUT2D eigenvalue weighted by atomic mass is 16.7. The second-order valence-corrected chi connectivity index (χ2v) is 7.32. The van der Waals surface area contributed by atoms with E-state index in [2.05, 4.69) is 66.7 Å². The summed E-state index contributed by atoms with van der Waals surface area (Å²) in [7, 11) is -0.257. The molecule has 1 aromatic rings. The Kier molecular flexibility index (Phi) is 4.05. The van der Waals surface area contributed by atoms with Gasteiger partial charge in [-0.1, -0.05) is 32.0 Å². The lowest BCUT2D eigenvalue weighted by molar-refractivity contribution is 0.00578. The Morgan fingerprint density at radius 3 is 2.10 bits per heavy atom. The summed E-state index contributed by atoms with van der Waals surface area (Å²) in [6, 6.07) is 6.45. The summed E-state index contributed by atoms with van der Waals surface area (Å²) in [6.07, 6.45) is 1.10. The summed E-state index contributed by atoms with van der Waals surface area (Å²) in [5.41, 5.74) is 3.31. The molecule has 3 heteroatoms. The maximum Gasteiger partial charge on any atom is 0.495 e. The minimum atomic E-state index is -0.280. The van der Waals surface area contributed by atoms with Crippen molar-refractivity contribution in [2.24, 2.45) is 5.92 Å². The predicted molar refractivity (Wildman–Crippen MR) is 85.4 cm³/mol. The van der Waals surface area contributed by atoms with Gasteiger partial charge in [-0.25, -0.2) is 0 Å². The Balaban J connectivity index is 2.31. The van der Waals surface area contributed by atoms with E-state index in [1.54, 1.807) is 0 Å². The van der Waals surface area contributed by atoms with Crippen molar-refractivity contribution in [2.45, 2.75) is 66.1 Å². The zero-order chi connectivity index (χ0) is 15.1. The van der Waals surface area contributed by atoms with E-state index in [0.717, 1.165) is 6.42 Å². The fraction of sp³-hybridized carbons (Fsp3) is 0.647. The van der Waals surface area contributed by atoms with Gasteiger partial charge >= 0.3 is 7.12 Å². The van der Waals surface area contributed by atoms with Crippen molar-refractivity contribution < 1.29 is 9.31 Å². The Morgan fingerprint density at radius 1 is 1.05 bits per heavy atom. The van der Waals surface area contributed by atoms with Gasteiger partial charge in [0.1, 0.15) is 0 Å². The van der Waals surface area contributed by atoms with Crippen LogP contribution in [0.5, 0.6) is 0 Å². The van der Waals surface area contributed by atoms with Crippen LogP contribution in [0.4, 0.5) is 0 Å². The molecule has 1 heterocycles. The Bertz CT molecular complexity index is 476. The first-order valence-corrected chi connectivity index (χ1v) is 7.58. The topological polar surface area (TPSA) is 18.5 Å². The summed E-state index contributed by atoms with van der Waals surface area (Å²) >= 11 is 0. The monoisotopic (exact) mass is 274 g/mol. The maximum absolute atomic E-state index is 6.17. The Labute approximate surface area is 124 Å². The van der Waals surface area contributed by atoms with Gasteiger partial charge in [0.05, 0.1) is 11.2 Å². The lowest BCUT2D eigenvalue weighted by atomic mass is 9.74. The van der Waals surface area contributed by atoms with E-state index in [4.69, 9.17) is 9.31 Å². The predicted octanol–water partition coefficient (Wildman–Crippen LogP) is 3.49. The Hall–Kier alpha value is -0.795. The number of hydrogen-bond acceptors (Lipinski definition) is 2. The van der Waals surface area contributed by atoms with Gasteiger partial charge < -0.3 is 9.31 Å². The SMILES string of the molecule is Cc1c(CC(C)C)cccc1B1OC(C)(C)C(C)(C)O1. The fourth-order valence-corrected chi connectivity index (χ4v) is 2.59. The van der Waals surface area contributed by atoms with Crippen molar-refractivity contribution in [3.8, 4) is 0 Å². The van der Waals surface area contributed by atoms with E-state index < -0.39 is 0 Å². The zero-order valence-electron chi connectivity index (χ0n) is 13.9. The first kappa shape index (κ1) is 15.6. The lowest BCUT2D eigenvalue weighted by Gasteiger charge is -2.32. The number of benzene rings is 1. The average Bonchev–Trinajstić information content (AvgIpc) is 2.50. The van der Waals surface area contributed by atoms with Gasteiger partial charge in [-0.05, 0) is 63.5 Å². The highest BCUT2D eigenvalue weighted by molar-refractivity contribution is 6.62. The van der Waals surface area contributed by atoms with E-state index in [1.807, 2.05) is 0 Å². The largest absolute Gasteiger partial charge is 0.495 e. The van der Waals surface area contributed by atoms with Gasteiger partial charge in [-0.3, -0.25) is 0 Å². The molecule has 1 aliphatic heterocycles. The molecule has 2 rings (SSSR count). The normalized spacial score (nSPS) is 20.7. The van der Waals surface area contributed by atoms with Gasteiger partial charge in [0, 0.05) is 0 Å². The molecule has 110 valence electrons. The molecule has 0 saturated carbocycles. The van der Waals surface area contributed by atoms with E-state index in [0.29, 0.717) is 5.92 Å². The number of hydrogen-bond donors (Lipinski definition) is 0. The molecule has 1 saturated heterocycles. The molecule has 1 aliphatic rings. The fourth-order valence-electron chi connectivity index (χ4n) is 2.59. The third kappa shape index (κ3) is 2.80. The van der Waals surface area contributed by atoms with Gasteiger partial charge in [0.2, 0.25) is 0 Å². The van der Waals surface area contributed by atoms with Crippen LogP contribution in [-0.4, -0.2) is 18.3 Å². The molecule has 1 fully saturated rings. The van der Waals surface area contributed by atoms with Crippen LogP contribution in [-0.2, 0) is 15.7 Å². The Morgan fingerprint density at radius 2 is 1.60 bits per heavy atom. The molecule has 0 radical (unpaired) electrons. The highest BCUT2D eigenvalue weighted by Crippen LogP contribution is 2.36. The second kappa shape index (κ2) is 5.20. The molecule has 0 amide bonds. The lowest BCUT2D eigenvalue weighted by Crippen LogP contribution is -2.41. The zero-order valence-corrected chi connectivity index (χ0v) is 13.9. The van der Waals surface area contributed by atoms with Gasteiger partial charge in [-0.2, -0.15) is 0 Å². The van der Waals surface area contributed by atoms with Crippen LogP contribution in [0.1, 0.15) is 52.7 Å². The summed E-state index contributed by atoms with van der Waals surface area (Å²) in [6.45, 7) is 15.1. The minimum absolute atomic E-state index is 0.257. The standard InChI is InChI=1S/C17H27BO2/c1-12(2)11-14-9-8-10-15(13(14)3)18-19-16(4,5)17(6,7)20-18/h8-10,12H,11H2,1-7H3. The molecule has 20 heavy (non-hydrogen) atoms. The van der Waals surface area contributed by atoms with Gasteiger partial charge in [0.15, 0.2) is 0 Å². The van der Waals surface area contributed by atoms with E-state index >= 15 is 0 Å². The average molecular weight is 274 g/mol. The second-order valence-electron chi connectivity index (χ2n) is 7.32. The van der Waals surface area contributed by atoms with Crippen LogP contribution in [0.25, 0.3) is 0 Å². The molecule has 0 aromatic heterocycles. The van der Waals surface area contributed by atoms with E-state index in [-0.39, 0.29) is 18.3 Å². The quantitative estimate of drug-likeness (QED) is 0.785. The third-order valence-electron chi connectivity index (χ3n) is 4.62. The summed E-state index contributed by atoms with van der Waals surface area (Å²) in [4.78, 5) is 0. The van der Waals surface area contributed by atoms with Crippen LogP contribution in [0, 0.1) is 12.8 Å². The smallest absolute Gasteiger partial charge is 0.399 e. The van der Waals surface area contributed by atoms with Crippen molar-refractivity contribution in [3.63, 3.8) is 0 Å². The van der Waals surface area contributed by atoms with E-state index in [1.165, 1.54) is 16.6 Å². The van der Waals surface area contributed by atoms with Crippen LogP contribution in [0.2, 0.25) is 0 Å². The van der Waals surface area contributed by atoms with Crippen molar-refractivity contribution in [2.75, 3.05) is 0 Å². The molecule has 0 bridgehead atoms. The van der Waals surface area contributed by atoms with Crippen molar-refractivity contribution >= 4 is 12.6 Å². The molecule has 0 spiro atoms. The molecule has 1 aromatic carbocycles. The van der Waals surface area contributed by atoms with Crippen molar-refractivity contribution in [1.82, 2.24) is 0 Å². The van der Waals surface area contributed by atoms with Crippen LogP contribution in [0.15, 0.2) is 18.2 Å². The summed E-state index contributed by atoms with van der Waals surface area (Å²) in [5, 5.41) is 0. The van der Waals surface area contributed by atoms with Crippen LogP contribution < -0.4 is 5.46 Å². The maximum atomic E-state index is 6.17. The molecule has 0 atom stereocenters. The number of rotatable bonds is 3. The molecule has 2 nitrogen and oxygen atoms in total. The molecule has 0 aliphatic carbocycles. The summed E-state index contributed by atoms with van der Waals surface area (Å²) in [5.74, 6) is 0.655. The van der Waals surface area contributed by atoms with Crippen molar-refractivity contribution in [1.29, 1.82) is 0 Å². The molecular formula is C17H27BO2. The van der Waals surface area contributed by atoms with Gasteiger partial charge in [0.25, 0.3) is 0 Å². The molecular weight excluding hydrogens is 247 g/mol. The molecule has 0 N–H and O–H groups in total. The van der Waals surface area contributed by atoms with Crippen LogP contribution in [0.3, 0.4) is 0 Å². The van der Waals surface area contributed by atoms with Crippen molar-refractivity contribution in [3.05, 3.63) is 29.3 Å². The first-order valence-electron chi connectivity index (χ1n) is 7.58. The van der Waals surface area contributed by atoms with Crippen LogP contribution >= 0.6 is 0 Å². The molecule has 0 unspecified atom stereocenters. The first-order chi connectivity index (χ1) is 9.14.